The van der Waals surface area contributed by atoms with E-state index in [2.05, 4.69) is 5.32 Å². The van der Waals surface area contributed by atoms with Crippen molar-refractivity contribution in [1.82, 2.24) is 0 Å². The summed E-state index contributed by atoms with van der Waals surface area (Å²) in [6.07, 6.45) is 0.798. The van der Waals surface area contributed by atoms with E-state index in [-0.39, 0.29) is 17.9 Å². The first-order valence-corrected chi connectivity index (χ1v) is 5.91. The zero-order chi connectivity index (χ0) is 12.3. The van der Waals surface area contributed by atoms with E-state index in [9.17, 15) is 4.79 Å². The summed E-state index contributed by atoms with van der Waals surface area (Å²) < 4.78 is 5.21. The number of hydrogen-bond acceptors (Lipinski definition) is 3. The molecular formula is C13H18N2O2. The molecule has 1 amide bonds. The van der Waals surface area contributed by atoms with Crippen molar-refractivity contribution in [3.63, 3.8) is 0 Å². The quantitative estimate of drug-likeness (QED) is 0.836. The summed E-state index contributed by atoms with van der Waals surface area (Å²) in [6.45, 7) is 3.10. The molecule has 1 heterocycles. The highest BCUT2D eigenvalue weighted by atomic mass is 16.5. The van der Waals surface area contributed by atoms with E-state index >= 15 is 0 Å². The maximum atomic E-state index is 12.0. The lowest BCUT2D eigenvalue weighted by Crippen LogP contribution is -2.24. The largest absolute Gasteiger partial charge is 0.381 e. The van der Waals surface area contributed by atoms with Crippen LogP contribution in [-0.2, 0) is 9.53 Å². The van der Waals surface area contributed by atoms with Crippen LogP contribution < -0.4 is 11.1 Å². The van der Waals surface area contributed by atoms with Crippen molar-refractivity contribution in [2.45, 2.75) is 19.4 Å². The number of para-hydroxylation sites is 1. The first-order valence-electron chi connectivity index (χ1n) is 5.91. The minimum Gasteiger partial charge on any atom is -0.381 e. The van der Waals surface area contributed by atoms with Gasteiger partial charge in [0.15, 0.2) is 0 Å². The summed E-state index contributed by atoms with van der Waals surface area (Å²) >= 11 is 0. The van der Waals surface area contributed by atoms with Crippen molar-refractivity contribution in [2.24, 2.45) is 11.7 Å². The average Bonchev–Trinajstić information content (AvgIpc) is 2.83. The number of carbonyl (C=O) groups is 1. The van der Waals surface area contributed by atoms with Crippen molar-refractivity contribution in [2.75, 3.05) is 18.5 Å². The predicted molar refractivity (Wildman–Crippen MR) is 66.6 cm³/mol. The predicted octanol–water partition coefficient (Wildman–Crippen LogP) is 1.68. The molecule has 92 valence electrons. The van der Waals surface area contributed by atoms with Crippen LogP contribution in [0.4, 0.5) is 5.69 Å². The Morgan fingerprint density at radius 3 is 2.94 bits per heavy atom. The second-order valence-electron chi connectivity index (χ2n) is 4.43. The normalized spacial score (nSPS) is 21.2. The van der Waals surface area contributed by atoms with E-state index in [4.69, 9.17) is 10.5 Å². The molecule has 4 nitrogen and oxygen atoms in total. The SMILES string of the molecule is CC(N)c1ccccc1NC(=O)C1CCOC1. The van der Waals surface area contributed by atoms with Gasteiger partial charge < -0.3 is 15.8 Å². The summed E-state index contributed by atoms with van der Waals surface area (Å²) in [6, 6.07) is 7.55. The first-order chi connectivity index (χ1) is 8.18. The summed E-state index contributed by atoms with van der Waals surface area (Å²) in [5.41, 5.74) is 7.63. The van der Waals surface area contributed by atoms with Crippen LogP contribution in [0.3, 0.4) is 0 Å². The monoisotopic (exact) mass is 234 g/mol. The van der Waals surface area contributed by atoms with E-state index in [0.717, 1.165) is 17.7 Å². The molecule has 0 saturated carbocycles. The zero-order valence-electron chi connectivity index (χ0n) is 9.98. The van der Waals surface area contributed by atoms with Crippen LogP contribution in [0.2, 0.25) is 0 Å². The van der Waals surface area contributed by atoms with Crippen molar-refractivity contribution in [3.8, 4) is 0 Å². The number of nitrogens with two attached hydrogens (primary N) is 1. The third-order valence-electron chi connectivity index (χ3n) is 3.01. The van der Waals surface area contributed by atoms with Gasteiger partial charge >= 0.3 is 0 Å². The van der Waals surface area contributed by atoms with Crippen LogP contribution in [0.15, 0.2) is 24.3 Å². The molecular weight excluding hydrogens is 216 g/mol. The number of nitrogens with one attached hydrogen (secondary N) is 1. The van der Waals surface area contributed by atoms with E-state index in [1.165, 1.54) is 0 Å². The van der Waals surface area contributed by atoms with Crippen LogP contribution in [0.1, 0.15) is 24.9 Å². The Labute approximate surface area is 101 Å². The Balaban J connectivity index is 2.09. The number of amides is 1. The minimum absolute atomic E-state index is 0.0237. The minimum atomic E-state index is -0.0914. The molecule has 1 aromatic rings. The molecule has 2 atom stereocenters. The topological polar surface area (TPSA) is 64.3 Å². The molecule has 2 unspecified atom stereocenters. The maximum Gasteiger partial charge on any atom is 0.229 e. The molecule has 1 aliphatic rings. The van der Waals surface area contributed by atoms with Crippen LogP contribution >= 0.6 is 0 Å². The third-order valence-corrected chi connectivity index (χ3v) is 3.01. The number of rotatable bonds is 3. The lowest BCUT2D eigenvalue weighted by molar-refractivity contribution is -0.119. The van der Waals surface area contributed by atoms with Gasteiger partial charge in [-0.15, -0.1) is 0 Å². The van der Waals surface area contributed by atoms with Gasteiger partial charge in [-0.1, -0.05) is 18.2 Å². The molecule has 0 bridgehead atoms. The highest BCUT2D eigenvalue weighted by molar-refractivity contribution is 5.93. The van der Waals surface area contributed by atoms with E-state index in [1.54, 1.807) is 0 Å². The Hall–Kier alpha value is -1.39. The number of benzene rings is 1. The van der Waals surface area contributed by atoms with Gasteiger partial charge in [0, 0.05) is 18.3 Å². The fraction of sp³-hybridized carbons (Fsp3) is 0.462. The van der Waals surface area contributed by atoms with Gasteiger partial charge in [-0.05, 0) is 25.0 Å². The maximum absolute atomic E-state index is 12.0. The highest BCUT2D eigenvalue weighted by Crippen LogP contribution is 2.22. The Kier molecular flexibility index (Phi) is 3.76. The highest BCUT2D eigenvalue weighted by Gasteiger charge is 2.24. The molecule has 2 rings (SSSR count). The van der Waals surface area contributed by atoms with Gasteiger partial charge in [-0.2, -0.15) is 0 Å². The molecule has 3 N–H and O–H groups in total. The number of hydrogen-bond donors (Lipinski definition) is 2. The Bertz CT molecular complexity index is 398. The molecule has 0 spiro atoms. The summed E-state index contributed by atoms with van der Waals surface area (Å²) in [5, 5.41) is 2.93. The van der Waals surface area contributed by atoms with Gasteiger partial charge in [0.25, 0.3) is 0 Å². The van der Waals surface area contributed by atoms with Gasteiger partial charge in [-0.25, -0.2) is 0 Å². The number of carbonyl (C=O) groups excluding carboxylic acids is 1. The van der Waals surface area contributed by atoms with Gasteiger partial charge in [0.2, 0.25) is 5.91 Å². The lowest BCUT2D eigenvalue weighted by atomic mass is 10.0. The average molecular weight is 234 g/mol. The summed E-state index contributed by atoms with van der Waals surface area (Å²) in [4.78, 5) is 12.0. The molecule has 0 radical (unpaired) electrons. The zero-order valence-corrected chi connectivity index (χ0v) is 9.98. The summed E-state index contributed by atoms with van der Waals surface area (Å²) in [5.74, 6) is -0.00765. The van der Waals surface area contributed by atoms with Crippen molar-refractivity contribution in [1.29, 1.82) is 0 Å². The molecule has 0 aromatic heterocycles. The van der Waals surface area contributed by atoms with E-state index in [1.807, 2.05) is 31.2 Å². The van der Waals surface area contributed by atoms with E-state index < -0.39 is 0 Å². The third kappa shape index (κ3) is 2.84. The first kappa shape index (κ1) is 12.1. The van der Waals surface area contributed by atoms with Gasteiger partial charge in [0.05, 0.1) is 12.5 Å². The number of ether oxygens (including phenoxy) is 1. The van der Waals surface area contributed by atoms with E-state index in [0.29, 0.717) is 13.2 Å². The molecule has 1 fully saturated rings. The smallest absolute Gasteiger partial charge is 0.229 e. The van der Waals surface area contributed by atoms with Crippen LogP contribution in [0.25, 0.3) is 0 Å². The molecule has 1 aliphatic heterocycles. The second kappa shape index (κ2) is 5.29. The fourth-order valence-electron chi connectivity index (χ4n) is 1.98. The molecule has 1 aromatic carbocycles. The molecule has 1 saturated heterocycles. The number of anilines is 1. The fourth-order valence-corrected chi connectivity index (χ4v) is 1.98. The van der Waals surface area contributed by atoms with Gasteiger partial charge in [0.1, 0.15) is 0 Å². The van der Waals surface area contributed by atoms with Crippen LogP contribution in [0.5, 0.6) is 0 Å². The summed E-state index contributed by atoms with van der Waals surface area (Å²) in [7, 11) is 0. The molecule has 4 heteroatoms. The van der Waals surface area contributed by atoms with Crippen LogP contribution in [0, 0.1) is 5.92 Å². The van der Waals surface area contributed by atoms with Crippen molar-refractivity contribution >= 4 is 11.6 Å². The molecule has 17 heavy (non-hydrogen) atoms. The van der Waals surface area contributed by atoms with Crippen molar-refractivity contribution in [3.05, 3.63) is 29.8 Å². The van der Waals surface area contributed by atoms with Crippen LogP contribution in [-0.4, -0.2) is 19.1 Å². The van der Waals surface area contributed by atoms with Crippen molar-refractivity contribution < 1.29 is 9.53 Å². The van der Waals surface area contributed by atoms with Gasteiger partial charge in [-0.3, -0.25) is 4.79 Å². The second-order valence-corrected chi connectivity index (χ2v) is 4.43. The standard InChI is InChI=1S/C13H18N2O2/c1-9(14)11-4-2-3-5-12(11)15-13(16)10-6-7-17-8-10/h2-5,9-10H,6-8,14H2,1H3,(H,15,16). The Morgan fingerprint density at radius 2 is 2.29 bits per heavy atom. The lowest BCUT2D eigenvalue weighted by Gasteiger charge is -2.15. The Morgan fingerprint density at radius 1 is 1.53 bits per heavy atom. The molecule has 0 aliphatic carbocycles.